The molecule has 3 rings (SSSR count). The molecular formula is C19H23N3O4. The molecule has 26 heavy (non-hydrogen) atoms. The van der Waals surface area contributed by atoms with Crippen molar-refractivity contribution in [1.82, 2.24) is 15.1 Å². The Morgan fingerprint density at radius 1 is 1.04 bits per heavy atom. The number of esters is 1. The zero-order valence-corrected chi connectivity index (χ0v) is 14.7. The first kappa shape index (κ1) is 18.1. The molecule has 0 radical (unpaired) electrons. The fraction of sp³-hybridized carbons (Fsp3) is 0.474. The zero-order valence-electron chi connectivity index (χ0n) is 14.7. The minimum Gasteiger partial charge on any atom is -0.455 e. The lowest BCUT2D eigenvalue weighted by molar-refractivity contribution is -0.151. The molecule has 1 aliphatic rings. The van der Waals surface area contributed by atoms with Gasteiger partial charge in [0.15, 0.2) is 6.61 Å². The van der Waals surface area contributed by atoms with Crippen LogP contribution in [0, 0.1) is 0 Å². The van der Waals surface area contributed by atoms with Crippen LogP contribution in [0.1, 0.15) is 37.8 Å². The van der Waals surface area contributed by atoms with Gasteiger partial charge in [0, 0.05) is 18.5 Å². The van der Waals surface area contributed by atoms with Crippen molar-refractivity contribution in [2.45, 2.75) is 38.5 Å². The van der Waals surface area contributed by atoms with Crippen molar-refractivity contribution in [3.8, 4) is 0 Å². The Balaban J connectivity index is 1.58. The number of aromatic nitrogens is 2. The highest BCUT2D eigenvalue weighted by Crippen LogP contribution is 2.14. The number of nitrogens with one attached hydrogen (secondary N) is 1. The van der Waals surface area contributed by atoms with Gasteiger partial charge < -0.3 is 9.64 Å². The summed E-state index contributed by atoms with van der Waals surface area (Å²) in [6, 6.07) is 6.95. The van der Waals surface area contributed by atoms with Gasteiger partial charge in [0.05, 0.1) is 17.5 Å². The minimum atomic E-state index is -0.532. The summed E-state index contributed by atoms with van der Waals surface area (Å²) in [5, 5.41) is 7.43. The lowest BCUT2D eigenvalue weighted by Crippen LogP contribution is -2.37. The van der Waals surface area contributed by atoms with E-state index in [0.29, 0.717) is 16.5 Å². The SMILES string of the molecule is O=C(Cc1n[nH]c(=O)c2ccccc12)OCC(=O)N1CCCCCCC1. The second kappa shape index (κ2) is 8.60. The van der Waals surface area contributed by atoms with Crippen LogP contribution in [0.3, 0.4) is 0 Å². The molecule has 0 aliphatic carbocycles. The maximum absolute atomic E-state index is 12.3. The molecule has 2 heterocycles. The van der Waals surface area contributed by atoms with Crippen LogP contribution >= 0.6 is 0 Å². The molecule has 7 nitrogen and oxygen atoms in total. The average Bonchev–Trinajstić information content (AvgIpc) is 2.62. The second-order valence-corrected chi connectivity index (χ2v) is 6.53. The fourth-order valence-electron chi connectivity index (χ4n) is 3.22. The third kappa shape index (κ3) is 4.47. The molecule has 1 aliphatic heterocycles. The Morgan fingerprint density at radius 2 is 1.69 bits per heavy atom. The molecule has 0 unspecified atom stereocenters. The molecular weight excluding hydrogens is 334 g/mol. The van der Waals surface area contributed by atoms with E-state index >= 15 is 0 Å². The van der Waals surface area contributed by atoms with Gasteiger partial charge in [0.25, 0.3) is 11.5 Å². The van der Waals surface area contributed by atoms with Crippen LogP contribution in [0.25, 0.3) is 10.8 Å². The predicted molar refractivity (Wildman–Crippen MR) is 96.7 cm³/mol. The van der Waals surface area contributed by atoms with Crippen molar-refractivity contribution < 1.29 is 14.3 Å². The number of nitrogens with zero attached hydrogens (tertiary/aromatic N) is 2. The van der Waals surface area contributed by atoms with E-state index in [0.717, 1.165) is 38.8 Å². The summed E-state index contributed by atoms with van der Waals surface area (Å²) in [5.74, 6) is -0.686. The number of amides is 1. The monoisotopic (exact) mass is 357 g/mol. The smallest absolute Gasteiger partial charge is 0.312 e. The fourth-order valence-corrected chi connectivity index (χ4v) is 3.22. The summed E-state index contributed by atoms with van der Waals surface area (Å²) in [5.41, 5.74) is 0.133. The molecule has 0 atom stereocenters. The third-order valence-electron chi connectivity index (χ3n) is 4.65. The first-order chi connectivity index (χ1) is 12.6. The lowest BCUT2D eigenvalue weighted by atomic mass is 10.1. The van der Waals surface area contributed by atoms with E-state index < -0.39 is 5.97 Å². The molecule has 1 N–H and O–H groups in total. The Labute approximate surface area is 151 Å². The number of carbonyl (C=O) groups is 2. The summed E-state index contributed by atoms with van der Waals surface area (Å²) in [6.45, 7) is 1.20. The zero-order chi connectivity index (χ0) is 18.4. The molecule has 0 bridgehead atoms. The summed E-state index contributed by atoms with van der Waals surface area (Å²) < 4.78 is 5.15. The summed E-state index contributed by atoms with van der Waals surface area (Å²) >= 11 is 0. The van der Waals surface area contributed by atoms with Crippen molar-refractivity contribution in [3.63, 3.8) is 0 Å². The summed E-state index contributed by atoms with van der Waals surface area (Å²) in [6.07, 6.45) is 5.38. The third-order valence-corrected chi connectivity index (χ3v) is 4.65. The van der Waals surface area contributed by atoms with E-state index in [2.05, 4.69) is 10.2 Å². The Morgan fingerprint density at radius 3 is 2.42 bits per heavy atom. The highest BCUT2D eigenvalue weighted by atomic mass is 16.5. The highest BCUT2D eigenvalue weighted by Gasteiger charge is 2.18. The maximum atomic E-state index is 12.3. The number of benzene rings is 1. The Hall–Kier alpha value is -2.70. The number of hydrogen-bond acceptors (Lipinski definition) is 5. The van der Waals surface area contributed by atoms with E-state index in [9.17, 15) is 14.4 Å². The maximum Gasteiger partial charge on any atom is 0.312 e. The van der Waals surface area contributed by atoms with Gasteiger partial charge in [-0.3, -0.25) is 14.4 Å². The number of hydrogen-bond donors (Lipinski definition) is 1. The molecule has 1 saturated heterocycles. The molecule has 7 heteroatoms. The van der Waals surface area contributed by atoms with E-state index in [1.165, 1.54) is 6.42 Å². The van der Waals surface area contributed by atoms with Gasteiger partial charge in [-0.2, -0.15) is 5.10 Å². The Bertz CT molecular complexity index is 838. The molecule has 1 fully saturated rings. The van der Waals surface area contributed by atoms with Crippen LogP contribution in [0.5, 0.6) is 0 Å². The van der Waals surface area contributed by atoms with E-state index in [1.807, 2.05) is 0 Å². The van der Waals surface area contributed by atoms with Gasteiger partial charge >= 0.3 is 5.97 Å². The van der Waals surface area contributed by atoms with E-state index in [4.69, 9.17) is 4.74 Å². The van der Waals surface area contributed by atoms with Gasteiger partial charge in [0.2, 0.25) is 0 Å². The van der Waals surface area contributed by atoms with Gasteiger partial charge in [-0.05, 0) is 18.9 Å². The molecule has 138 valence electrons. The lowest BCUT2D eigenvalue weighted by Gasteiger charge is -2.24. The number of carbonyl (C=O) groups excluding carboxylic acids is 2. The van der Waals surface area contributed by atoms with Crippen LogP contribution in [-0.2, 0) is 20.7 Å². The van der Waals surface area contributed by atoms with E-state index in [1.54, 1.807) is 29.2 Å². The number of rotatable bonds is 4. The molecule has 0 saturated carbocycles. The van der Waals surface area contributed by atoms with Crippen molar-refractivity contribution in [2.75, 3.05) is 19.7 Å². The number of likely N-dealkylation sites (tertiary alicyclic amines) is 1. The average molecular weight is 357 g/mol. The number of fused-ring (bicyclic) bond motifs is 1. The number of ether oxygens (including phenoxy) is 1. The summed E-state index contributed by atoms with van der Waals surface area (Å²) in [4.78, 5) is 37.9. The highest BCUT2D eigenvalue weighted by molar-refractivity contribution is 5.87. The Kier molecular flexibility index (Phi) is 5.99. The van der Waals surface area contributed by atoms with Crippen molar-refractivity contribution in [2.24, 2.45) is 0 Å². The molecule has 1 amide bonds. The molecule has 2 aromatic rings. The first-order valence-corrected chi connectivity index (χ1v) is 9.05. The topological polar surface area (TPSA) is 92.4 Å². The van der Waals surface area contributed by atoms with Gasteiger partial charge in [0.1, 0.15) is 0 Å². The molecule has 0 spiro atoms. The van der Waals surface area contributed by atoms with Crippen LogP contribution in [0.4, 0.5) is 0 Å². The number of aromatic amines is 1. The van der Waals surface area contributed by atoms with E-state index in [-0.39, 0.29) is 24.5 Å². The van der Waals surface area contributed by atoms with Crippen LogP contribution < -0.4 is 5.56 Å². The van der Waals surface area contributed by atoms with Crippen molar-refractivity contribution in [1.29, 1.82) is 0 Å². The van der Waals surface area contributed by atoms with Crippen molar-refractivity contribution in [3.05, 3.63) is 40.3 Å². The van der Waals surface area contributed by atoms with Crippen molar-refractivity contribution >= 4 is 22.6 Å². The van der Waals surface area contributed by atoms with Crippen LogP contribution in [0.2, 0.25) is 0 Å². The standard InChI is InChI=1S/C19H23N3O4/c23-17(22-10-6-2-1-3-7-11-22)13-26-18(24)12-16-14-8-4-5-9-15(14)19(25)21-20-16/h4-5,8-9H,1-3,6-7,10-13H2,(H,21,25). The number of H-pyrrole nitrogens is 1. The quantitative estimate of drug-likeness (QED) is 0.843. The first-order valence-electron chi connectivity index (χ1n) is 9.05. The largest absolute Gasteiger partial charge is 0.455 e. The predicted octanol–water partition coefficient (Wildman–Crippen LogP) is 1.80. The molecule has 1 aromatic heterocycles. The minimum absolute atomic E-state index is 0.0927. The van der Waals surface area contributed by atoms with Crippen LogP contribution in [0.15, 0.2) is 29.1 Å². The van der Waals surface area contributed by atoms with Gasteiger partial charge in [-0.1, -0.05) is 37.5 Å². The second-order valence-electron chi connectivity index (χ2n) is 6.53. The van der Waals surface area contributed by atoms with Gasteiger partial charge in [-0.25, -0.2) is 5.10 Å². The van der Waals surface area contributed by atoms with Crippen LogP contribution in [-0.4, -0.2) is 46.7 Å². The summed E-state index contributed by atoms with van der Waals surface area (Å²) in [7, 11) is 0. The normalized spacial score (nSPS) is 15.3. The van der Waals surface area contributed by atoms with Gasteiger partial charge in [-0.15, -0.1) is 0 Å². The molecule has 1 aromatic carbocycles.